The Bertz CT molecular complexity index is 868. The Balaban J connectivity index is 1.74. The number of aliphatic hydroxyl groups is 1. The van der Waals surface area contributed by atoms with Crippen LogP contribution in [0.1, 0.15) is 27.0 Å². The number of hydrogen-bond donors (Lipinski definition) is 2. The van der Waals surface area contributed by atoms with E-state index in [1.807, 2.05) is 11.0 Å². The molecule has 1 amide bonds. The van der Waals surface area contributed by atoms with Gasteiger partial charge < -0.3 is 15.3 Å². The van der Waals surface area contributed by atoms with Gasteiger partial charge in [-0.25, -0.2) is 4.39 Å². The van der Waals surface area contributed by atoms with Crippen LogP contribution in [0.4, 0.5) is 23.2 Å². The van der Waals surface area contributed by atoms with Crippen molar-refractivity contribution >= 4 is 11.6 Å². The Labute approximate surface area is 159 Å². The first-order valence-electron chi connectivity index (χ1n) is 8.92. The minimum absolute atomic E-state index is 0.152. The molecule has 2 N–H and O–H groups in total. The lowest BCUT2D eigenvalue weighted by molar-refractivity contribution is -0.137. The number of hydrogen-bond acceptors (Lipinski definition) is 3. The number of carbonyl (C=O) groups is 1. The maximum Gasteiger partial charge on any atom is 0.416 e. The van der Waals surface area contributed by atoms with Crippen LogP contribution in [0.3, 0.4) is 0 Å². The van der Waals surface area contributed by atoms with Gasteiger partial charge in [-0.3, -0.25) is 4.79 Å². The summed E-state index contributed by atoms with van der Waals surface area (Å²) in [5.41, 5.74) is 1.53. The van der Waals surface area contributed by atoms with Crippen molar-refractivity contribution in [3.05, 3.63) is 64.5 Å². The summed E-state index contributed by atoms with van der Waals surface area (Å²) >= 11 is 0. The Hall–Kier alpha value is -2.61. The largest absolute Gasteiger partial charge is 0.416 e. The second-order valence-electron chi connectivity index (χ2n) is 6.62. The van der Waals surface area contributed by atoms with Crippen LogP contribution in [0.5, 0.6) is 0 Å². The van der Waals surface area contributed by atoms with Crippen LogP contribution >= 0.6 is 0 Å². The molecule has 8 heteroatoms. The van der Waals surface area contributed by atoms with Crippen LogP contribution in [0.25, 0.3) is 0 Å². The first-order chi connectivity index (χ1) is 13.3. The zero-order valence-corrected chi connectivity index (χ0v) is 15.0. The first kappa shape index (κ1) is 20.1. The second-order valence-corrected chi connectivity index (χ2v) is 6.62. The van der Waals surface area contributed by atoms with Crippen molar-refractivity contribution in [3.8, 4) is 0 Å². The highest BCUT2D eigenvalue weighted by atomic mass is 19.4. The van der Waals surface area contributed by atoms with Crippen LogP contribution in [-0.4, -0.2) is 37.3 Å². The molecule has 28 heavy (non-hydrogen) atoms. The van der Waals surface area contributed by atoms with Gasteiger partial charge in [0.25, 0.3) is 5.91 Å². The number of nitrogens with zero attached hydrogens (tertiary/aromatic N) is 1. The molecule has 0 spiro atoms. The van der Waals surface area contributed by atoms with E-state index >= 15 is 0 Å². The molecule has 150 valence electrons. The lowest BCUT2D eigenvalue weighted by Crippen LogP contribution is -2.27. The monoisotopic (exact) mass is 396 g/mol. The van der Waals surface area contributed by atoms with Crippen molar-refractivity contribution in [2.24, 2.45) is 0 Å². The first-order valence-corrected chi connectivity index (χ1v) is 8.92. The third-order valence-corrected chi connectivity index (χ3v) is 4.72. The fraction of sp³-hybridized carbons (Fsp3) is 0.350. The normalized spacial score (nSPS) is 13.5. The van der Waals surface area contributed by atoms with E-state index in [0.29, 0.717) is 31.1 Å². The summed E-state index contributed by atoms with van der Waals surface area (Å²) in [6.07, 6.45) is -3.70. The van der Waals surface area contributed by atoms with Gasteiger partial charge in [-0.05, 0) is 54.3 Å². The van der Waals surface area contributed by atoms with Gasteiger partial charge in [0.2, 0.25) is 0 Å². The zero-order valence-electron chi connectivity index (χ0n) is 15.0. The number of carbonyl (C=O) groups excluding carboxylic acids is 1. The average Bonchev–Trinajstić information content (AvgIpc) is 3.06. The number of nitrogens with one attached hydrogen (secondary N) is 1. The molecule has 2 aromatic rings. The van der Waals surface area contributed by atoms with E-state index in [1.54, 1.807) is 12.1 Å². The van der Waals surface area contributed by atoms with Crippen molar-refractivity contribution in [2.75, 3.05) is 31.1 Å². The maximum atomic E-state index is 13.6. The van der Waals surface area contributed by atoms with Gasteiger partial charge in [-0.1, -0.05) is 6.07 Å². The van der Waals surface area contributed by atoms with E-state index in [9.17, 15) is 22.4 Å². The lowest BCUT2D eigenvalue weighted by atomic mass is 10.0. The quantitative estimate of drug-likeness (QED) is 0.738. The number of alkyl halides is 3. The van der Waals surface area contributed by atoms with Crippen LogP contribution in [-0.2, 0) is 19.0 Å². The summed E-state index contributed by atoms with van der Waals surface area (Å²) in [4.78, 5) is 14.2. The van der Waals surface area contributed by atoms with Crippen LogP contribution in [0.2, 0.25) is 0 Å². The van der Waals surface area contributed by atoms with Gasteiger partial charge >= 0.3 is 6.18 Å². The SMILES string of the molecule is O=C(NCCO)c1cccc2c1CCN2CCc1cc(F)cc(C(F)(F)F)c1. The smallest absolute Gasteiger partial charge is 0.395 e. The number of halogens is 4. The number of rotatable bonds is 6. The van der Waals surface area contributed by atoms with Crippen molar-refractivity contribution in [1.82, 2.24) is 5.32 Å². The molecule has 1 aliphatic rings. The Morgan fingerprint density at radius 2 is 2.00 bits per heavy atom. The summed E-state index contributed by atoms with van der Waals surface area (Å²) in [6, 6.07) is 7.89. The van der Waals surface area contributed by atoms with Gasteiger partial charge in [0.05, 0.1) is 12.2 Å². The molecule has 2 aromatic carbocycles. The minimum Gasteiger partial charge on any atom is -0.395 e. The molecule has 0 bridgehead atoms. The molecule has 0 radical (unpaired) electrons. The molecule has 0 atom stereocenters. The molecule has 0 aliphatic carbocycles. The molecule has 0 unspecified atom stereocenters. The van der Waals surface area contributed by atoms with Crippen LogP contribution in [0, 0.1) is 5.82 Å². The topological polar surface area (TPSA) is 52.6 Å². The highest BCUT2D eigenvalue weighted by Gasteiger charge is 2.31. The van der Waals surface area contributed by atoms with Crippen molar-refractivity contribution < 1.29 is 27.5 Å². The Morgan fingerprint density at radius 1 is 1.21 bits per heavy atom. The van der Waals surface area contributed by atoms with E-state index in [0.717, 1.165) is 23.4 Å². The molecule has 1 heterocycles. The van der Waals surface area contributed by atoms with Crippen molar-refractivity contribution in [2.45, 2.75) is 19.0 Å². The molecular weight excluding hydrogens is 376 g/mol. The fourth-order valence-electron chi connectivity index (χ4n) is 3.43. The number of benzene rings is 2. The minimum atomic E-state index is -4.59. The summed E-state index contributed by atoms with van der Waals surface area (Å²) in [5, 5.41) is 11.5. The average molecular weight is 396 g/mol. The van der Waals surface area contributed by atoms with Gasteiger partial charge in [-0.2, -0.15) is 13.2 Å². The summed E-state index contributed by atoms with van der Waals surface area (Å²) in [5.74, 6) is -1.18. The standard InChI is InChI=1S/C20H20F4N2O2/c21-15-11-13(10-14(12-15)20(22,23)24)4-7-26-8-5-16-17(2-1-3-18(16)26)19(28)25-6-9-27/h1-3,10-12,27H,4-9H2,(H,25,28). The predicted octanol–water partition coefficient (Wildman–Crippen LogP) is 3.17. The van der Waals surface area contributed by atoms with E-state index < -0.39 is 17.6 Å². The summed E-state index contributed by atoms with van der Waals surface area (Å²) in [6.45, 7) is 1.05. The highest BCUT2D eigenvalue weighted by Crippen LogP contribution is 2.32. The van der Waals surface area contributed by atoms with Gasteiger partial charge in [0, 0.05) is 30.9 Å². The molecule has 3 rings (SSSR count). The number of fused-ring (bicyclic) bond motifs is 1. The van der Waals surface area contributed by atoms with Crippen LogP contribution in [0.15, 0.2) is 36.4 Å². The second kappa shape index (κ2) is 8.18. The Kier molecular flexibility index (Phi) is 5.88. The summed E-state index contributed by atoms with van der Waals surface area (Å²) < 4.78 is 52.2. The fourth-order valence-corrected chi connectivity index (χ4v) is 3.43. The van der Waals surface area contributed by atoms with E-state index in [4.69, 9.17) is 5.11 Å². The van der Waals surface area contributed by atoms with Gasteiger partial charge in [0.1, 0.15) is 5.82 Å². The molecule has 0 saturated carbocycles. The molecule has 1 aliphatic heterocycles. The van der Waals surface area contributed by atoms with Gasteiger partial charge in [-0.15, -0.1) is 0 Å². The predicted molar refractivity (Wildman–Crippen MR) is 96.9 cm³/mol. The number of amides is 1. The maximum absolute atomic E-state index is 13.6. The van der Waals surface area contributed by atoms with Gasteiger partial charge in [0.15, 0.2) is 0 Å². The van der Waals surface area contributed by atoms with Crippen molar-refractivity contribution in [1.29, 1.82) is 0 Å². The van der Waals surface area contributed by atoms with E-state index in [1.165, 1.54) is 0 Å². The van der Waals surface area contributed by atoms with E-state index in [-0.39, 0.29) is 31.0 Å². The van der Waals surface area contributed by atoms with Crippen molar-refractivity contribution in [3.63, 3.8) is 0 Å². The third-order valence-electron chi connectivity index (χ3n) is 4.72. The number of anilines is 1. The Morgan fingerprint density at radius 3 is 2.71 bits per heavy atom. The molecule has 0 saturated heterocycles. The highest BCUT2D eigenvalue weighted by molar-refractivity contribution is 5.97. The zero-order chi connectivity index (χ0) is 20.3. The van der Waals surface area contributed by atoms with Crippen LogP contribution < -0.4 is 10.2 Å². The number of aliphatic hydroxyl groups excluding tert-OH is 1. The molecule has 0 fully saturated rings. The molecular formula is C20H20F4N2O2. The van der Waals surface area contributed by atoms with E-state index in [2.05, 4.69) is 5.32 Å². The lowest BCUT2D eigenvalue weighted by Gasteiger charge is -2.20. The molecule has 0 aromatic heterocycles. The molecule has 4 nitrogen and oxygen atoms in total. The summed E-state index contributed by atoms with van der Waals surface area (Å²) in [7, 11) is 0. The third kappa shape index (κ3) is 4.44.